The quantitative estimate of drug-likeness (QED) is 0.273. The van der Waals surface area contributed by atoms with Gasteiger partial charge in [0.05, 0.1) is 5.69 Å². The Bertz CT molecular complexity index is 462. The number of anilines is 1. The first kappa shape index (κ1) is 20.4. The van der Waals surface area contributed by atoms with Crippen molar-refractivity contribution in [3.8, 4) is 0 Å². The lowest BCUT2D eigenvalue weighted by Crippen LogP contribution is -2.39. The highest BCUT2D eigenvalue weighted by molar-refractivity contribution is 14.0. The van der Waals surface area contributed by atoms with Crippen molar-refractivity contribution >= 4 is 46.4 Å². The van der Waals surface area contributed by atoms with Crippen LogP contribution in [0.5, 0.6) is 0 Å². The number of nitrogens with one attached hydrogen (secondary N) is 2. The summed E-state index contributed by atoms with van der Waals surface area (Å²) in [6.45, 7) is 4.78. The molecule has 1 saturated heterocycles. The minimum Gasteiger partial charge on any atom is -0.385 e. The van der Waals surface area contributed by atoms with E-state index in [1.165, 1.54) is 18.0 Å². The van der Waals surface area contributed by atoms with Gasteiger partial charge in [-0.05, 0) is 19.3 Å². The molecule has 1 fully saturated rings. The van der Waals surface area contributed by atoms with E-state index in [9.17, 15) is 0 Å². The fraction of sp³-hybridized carbons (Fsp3) is 0.733. The Kier molecular flexibility index (Phi) is 10.5. The Morgan fingerprint density at radius 1 is 1.35 bits per heavy atom. The van der Waals surface area contributed by atoms with Gasteiger partial charge in [0.15, 0.2) is 11.1 Å². The average molecular weight is 453 g/mol. The predicted molar refractivity (Wildman–Crippen MR) is 109 cm³/mol. The molecule has 0 atom stereocenters. The number of methoxy groups -OCH3 is 1. The Balaban J connectivity index is 0.00000264. The van der Waals surface area contributed by atoms with Gasteiger partial charge in [0.2, 0.25) is 0 Å². The van der Waals surface area contributed by atoms with Gasteiger partial charge in [-0.3, -0.25) is 4.99 Å². The topological polar surface area (TPSA) is 61.8 Å². The van der Waals surface area contributed by atoms with Crippen molar-refractivity contribution in [2.45, 2.75) is 25.7 Å². The number of hydrogen-bond donors (Lipinski definition) is 2. The van der Waals surface area contributed by atoms with Crippen molar-refractivity contribution in [3.63, 3.8) is 0 Å². The van der Waals surface area contributed by atoms with Crippen molar-refractivity contribution in [3.05, 3.63) is 11.1 Å². The SMILES string of the molecule is CN=C(NCCCOC)NCCc1csc(N2CCCC2)n1.I. The molecule has 0 radical (unpaired) electrons. The summed E-state index contributed by atoms with van der Waals surface area (Å²) in [5.74, 6) is 0.839. The minimum atomic E-state index is 0. The lowest BCUT2D eigenvalue weighted by atomic mass is 10.3. The van der Waals surface area contributed by atoms with Crippen molar-refractivity contribution in [2.24, 2.45) is 4.99 Å². The largest absolute Gasteiger partial charge is 0.385 e. The average Bonchev–Trinajstić information content (AvgIpc) is 3.20. The van der Waals surface area contributed by atoms with Crippen LogP contribution in [-0.4, -0.2) is 57.9 Å². The van der Waals surface area contributed by atoms with E-state index in [-0.39, 0.29) is 24.0 Å². The lowest BCUT2D eigenvalue weighted by molar-refractivity contribution is 0.195. The molecule has 23 heavy (non-hydrogen) atoms. The molecule has 2 N–H and O–H groups in total. The smallest absolute Gasteiger partial charge is 0.190 e. The molecule has 1 aliphatic rings. The molecule has 0 aromatic carbocycles. The van der Waals surface area contributed by atoms with Gasteiger partial charge < -0.3 is 20.3 Å². The molecule has 0 spiro atoms. The van der Waals surface area contributed by atoms with E-state index >= 15 is 0 Å². The number of aromatic nitrogens is 1. The normalized spacial score (nSPS) is 14.7. The van der Waals surface area contributed by atoms with Gasteiger partial charge in [-0.15, -0.1) is 35.3 Å². The van der Waals surface area contributed by atoms with E-state index in [0.29, 0.717) is 0 Å². The van der Waals surface area contributed by atoms with Gasteiger partial charge in [0.1, 0.15) is 0 Å². The standard InChI is InChI=1S/C15H27N5OS.HI/c1-16-14(17-7-5-11-21-2)18-8-6-13-12-22-15(19-13)20-9-3-4-10-20;/h12H,3-11H2,1-2H3,(H2,16,17,18);1H. The highest BCUT2D eigenvalue weighted by atomic mass is 127. The van der Waals surface area contributed by atoms with Gasteiger partial charge in [-0.2, -0.15) is 0 Å². The number of ether oxygens (including phenoxy) is 1. The zero-order valence-corrected chi connectivity index (χ0v) is 17.2. The molecule has 0 aliphatic carbocycles. The molecule has 1 aromatic rings. The van der Waals surface area contributed by atoms with Gasteiger partial charge >= 0.3 is 0 Å². The van der Waals surface area contributed by atoms with E-state index in [4.69, 9.17) is 9.72 Å². The minimum absolute atomic E-state index is 0. The molecule has 1 aromatic heterocycles. The number of hydrogen-bond acceptors (Lipinski definition) is 5. The van der Waals surface area contributed by atoms with Crippen LogP contribution in [0.3, 0.4) is 0 Å². The lowest BCUT2D eigenvalue weighted by Gasteiger charge is -2.12. The molecular formula is C15H28IN5OS. The fourth-order valence-corrected chi connectivity index (χ4v) is 3.33. The van der Waals surface area contributed by atoms with Crippen LogP contribution in [-0.2, 0) is 11.2 Å². The summed E-state index contributed by atoms with van der Waals surface area (Å²) >= 11 is 1.76. The Morgan fingerprint density at radius 2 is 2.09 bits per heavy atom. The first-order valence-electron chi connectivity index (χ1n) is 7.96. The molecule has 0 amide bonds. The monoisotopic (exact) mass is 453 g/mol. The van der Waals surface area contributed by atoms with Crippen LogP contribution in [0.25, 0.3) is 0 Å². The van der Waals surface area contributed by atoms with Crippen LogP contribution in [0, 0.1) is 0 Å². The van der Waals surface area contributed by atoms with Crippen LogP contribution < -0.4 is 15.5 Å². The number of nitrogens with zero attached hydrogens (tertiary/aromatic N) is 3. The van der Waals surface area contributed by atoms with Gasteiger partial charge in [-0.25, -0.2) is 4.98 Å². The number of rotatable bonds is 8. The number of guanidine groups is 1. The van der Waals surface area contributed by atoms with E-state index in [1.807, 2.05) is 0 Å². The predicted octanol–water partition coefficient (Wildman–Crippen LogP) is 2.11. The number of halogens is 1. The van der Waals surface area contributed by atoms with Crippen molar-refractivity contribution in [1.29, 1.82) is 0 Å². The second kappa shape index (κ2) is 11.9. The van der Waals surface area contributed by atoms with Gasteiger partial charge in [0.25, 0.3) is 0 Å². The van der Waals surface area contributed by atoms with Crippen LogP contribution in [0.2, 0.25) is 0 Å². The van der Waals surface area contributed by atoms with E-state index < -0.39 is 0 Å². The summed E-state index contributed by atoms with van der Waals surface area (Å²) in [5, 5.41) is 9.94. The van der Waals surface area contributed by atoms with Crippen molar-refractivity contribution in [1.82, 2.24) is 15.6 Å². The molecule has 6 nitrogen and oxygen atoms in total. The summed E-state index contributed by atoms with van der Waals surface area (Å²) in [4.78, 5) is 11.3. The third-order valence-electron chi connectivity index (χ3n) is 3.63. The second-order valence-electron chi connectivity index (χ2n) is 5.34. The maximum Gasteiger partial charge on any atom is 0.190 e. The van der Waals surface area contributed by atoms with Crippen molar-refractivity contribution < 1.29 is 4.74 Å². The van der Waals surface area contributed by atoms with Crippen LogP contribution in [0.4, 0.5) is 5.13 Å². The summed E-state index contributed by atoms with van der Waals surface area (Å²) in [6.07, 6.45) is 4.48. The molecule has 0 unspecified atom stereocenters. The van der Waals surface area contributed by atoms with Crippen LogP contribution >= 0.6 is 35.3 Å². The first-order valence-corrected chi connectivity index (χ1v) is 8.84. The van der Waals surface area contributed by atoms with Crippen molar-refractivity contribution in [2.75, 3.05) is 51.8 Å². The van der Waals surface area contributed by atoms with E-state index in [1.54, 1.807) is 25.5 Å². The summed E-state index contributed by atoms with van der Waals surface area (Å²) < 4.78 is 5.03. The molecule has 132 valence electrons. The fourth-order valence-electron chi connectivity index (χ4n) is 2.42. The molecular weight excluding hydrogens is 425 g/mol. The number of thiazole rings is 1. The molecule has 2 heterocycles. The highest BCUT2D eigenvalue weighted by Gasteiger charge is 2.15. The molecule has 0 bridgehead atoms. The third-order valence-corrected chi connectivity index (χ3v) is 4.58. The zero-order chi connectivity index (χ0) is 15.6. The van der Waals surface area contributed by atoms with Gasteiger partial charge in [-0.1, -0.05) is 0 Å². The Hall–Kier alpha value is -0.610. The maximum absolute atomic E-state index is 5.03. The Labute approximate surface area is 160 Å². The highest BCUT2D eigenvalue weighted by Crippen LogP contribution is 2.24. The first-order chi connectivity index (χ1) is 10.8. The third kappa shape index (κ3) is 7.21. The summed E-state index contributed by atoms with van der Waals surface area (Å²) in [7, 11) is 3.51. The molecule has 2 rings (SSSR count). The van der Waals surface area contributed by atoms with Crippen LogP contribution in [0.15, 0.2) is 10.4 Å². The Morgan fingerprint density at radius 3 is 2.78 bits per heavy atom. The summed E-state index contributed by atoms with van der Waals surface area (Å²) in [6, 6.07) is 0. The summed E-state index contributed by atoms with van der Waals surface area (Å²) in [5.41, 5.74) is 1.16. The van der Waals surface area contributed by atoms with Gasteiger partial charge in [0, 0.05) is 58.7 Å². The maximum atomic E-state index is 5.03. The van der Waals surface area contributed by atoms with E-state index in [0.717, 1.165) is 57.3 Å². The molecule has 0 saturated carbocycles. The number of aliphatic imine (C=N–C) groups is 1. The molecule has 1 aliphatic heterocycles. The second-order valence-corrected chi connectivity index (χ2v) is 6.17. The van der Waals surface area contributed by atoms with Crippen LogP contribution in [0.1, 0.15) is 25.0 Å². The molecule has 8 heteroatoms. The zero-order valence-electron chi connectivity index (χ0n) is 14.0. The van der Waals surface area contributed by atoms with E-state index in [2.05, 4.69) is 25.9 Å².